The lowest BCUT2D eigenvalue weighted by molar-refractivity contribution is -0.113. The molecule has 0 saturated heterocycles. The van der Waals surface area contributed by atoms with Crippen LogP contribution < -0.4 is 20.1 Å². The minimum atomic E-state index is -0.938. The number of ketones is 2. The molecule has 0 aliphatic rings. The van der Waals surface area contributed by atoms with Gasteiger partial charge in [0.2, 0.25) is 0 Å². The van der Waals surface area contributed by atoms with Crippen LogP contribution in [0, 0.1) is 26.6 Å². The number of pyridine rings is 1. The molecule has 324 valence electrons. The summed E-state index contributed by atoms with van der Waals surface area (Å²) in [4.78, 5) is 55.7. The summed E-state index contributed by atoms with van der Waals surface area (Å²) in [5, 5.41) is 7.61. The smallest absolute Gasteiger partial charge is 0.296 e. The van der Waals surface area contributed by atoms with Crippen LogP contribution in [0.2, 0.25) is 10.0 Å². The van der Waals surface area contributed by atoms with Crippen molar-refractivity contribution in [2.24, 2.45) is 0 Å². The van der Waals surface area contributed by atoms with Crippen LogP contribution in [-0.4, -0.2) is 51.7 Å². The van der Waals surface area contributed by atoms with Crippen LogP contribution in [0.25, 0.3) is 21.8 Å². The van der Waals surface area contributed by atoms with Gasteiger partial charge in [0, 0.05) is 68.2 Å². The van der Waals surface area contributed by atoms with E-state index in [0.717, 1.165) is 33.9 Å². The van der Waals surface area contributed by atoms with Gasteiger partial charge in [0.25, 0.3) is 23.4 Å². The Balaban J connectivity index is 0.000000191. The predicted molar refractivity (Wildman–Crippen MR) is 249 cm³/mol. The van der Waals surface area contributed by atoms with Crippen molar-refractivity contribution in [1.82, 2.24) is 14.1 Å². The summed E-state index contributed by atoms with van der Waals surface area (Å²) in [6.45, 7) is 6.57. The summed E-state index contributed by atoms with van der Waals surface area (Å²) in [6, 6.07) is 34.5. The Morgan fingerprint density at radius 2 is 1.11 bits per heavy atom. The molecular weight excluding hydrogens is 856 g/mol. The summed E-state index contributed by atoms with van der Waals surface area (Å²) in [5.41, 5.74) is 7.04. The number of nitrogens with zero attached hydrogens (tertiary/aromatic N) is 3. The lowest BCUT2D eigenvalue weighted by Crippen LogP contribution is -2.24. The van der Waals surface area contributed by atoms with Gasteiger partial charge < -0.3 is 29.2 Å². The molecule has 2 N–H and O–H groups in total. The van der Waals surface area contributed by atoms with E-state index in [-0.39, 0.29) is 11.3 Å². The molecular formula is C50H42Cl2FN5O6. The maximum absolute atomic E-state index is 13.9. The van der Waals surface area contributed by atoms with E-state index in [2.05, 4.69) is 15.6 Å². The van der Waals surface area contributed by atoms with Crippen molar-refractivity contribution in [3.8, 4) is 11.5 Å². The van der Waals surface area contributed by atoms with Crippen LogP contribution in [-0.2, 0) is 22.7 Å². The Hall–Kier alpha value is -7.28. The first-order valence-electron chi connectivity index (χ1n) is 20.0. The first-order valence-corrected chi connectivity index (χ1v) is 20.7. The number of methoxy groups -OCH3 is 2. The van der Waals surface area contributed by atoms with Crippen LogP contribution >= 0.6 is 23.2 Å². The third kappa shape index (κ3) is 9.68. The molecule has 0 fully saturated rings. The van der Waals surface area contributed by atoms with Crippen LogP contribution in [0.5, 0.6) is 11.5 Å². The summed E-state index contributed by atoms with van der Waals surface area (Å²) in [5.74, 6) is -2.52. The summed E-state index contributed by atoms with van der Waals surface area (Å²) < 4.78 is 28.6. The first-order chi connectivity index (χ1) is 30.8. The van der Waals surface area contributed by atoms with Gasteiger partial charge in [0.15, 0.2) is 5.82 Å². The maximum atomic E-state index is 13.9. The fourth-order valence-corrected chi connectivity index (χ4v) is 7.75. The molecule has 3 heterocycles. The van der Waals surface area contributed by atoms with Gasteiger partial charge >= 0.3 is 0 Å². The second kappa shape index (κ2) is 19.4. The number of aromatic nitrogens is 3. The van der Waals surface area contributed by atoms with Crippen molar-refractivity contribution in [3.05, 3.63) is 183 Å². The van der Waals surface area contributed by atoms with Crippen molar-refractivity contribution in [2.45, 2.75) is 33.9 Å². The van der Waals surface area contributed by atoms with Gasteiger partial charge in [-0.1, -0.05) is 59.6 Å². The van der Waals surface area contributed by atoms with E-state index < -0.39 is 29.2 Å². The Kier molecular flexibility index (Phi) is 13.6. The van der Waals surface area contributed by atoms with Crippen molar-refractivity contribution in [1.29, 1.82) is 0 Å². The Labute approximate surface area is 378 Å². The van der Waals surface area contributed by atoms with E-state index >= 15 is 0 Å². The molecule has 0 radical (unpaired) electrons. The molecule has 0 aliphatic carbocycles. The number of carbonyl (C=O) groups is 4. The van der Waals surface area contributed by atoms with Gasteiger partial charge in [-0.3, -0.25) is 24.2 Å². The SMILES string of the molecule is COc1ccc2c(c1)c(C(=O)C(=O)Nc1cccc(C)c1)c(C)n2Cc1ccc(Cl)cc1.COc1ccc2c(c1)c(C(=O)C(=O)Nc1ccncc1F)c(C)n2Cc1ccc(Cl)cc1. The number of carbonyl (C=O) groups excluding carboxylic acids is 4. The summed E-state index contributed by atoms with van der Waals surface area (Å²) in [7, 11) is 3.10. The first kappa shape index (κ1) is 44.8. The lowest BCUT2D eigenvalue weighted by Gasteiger charge is -2.09. The highest BCUT2D eigenvalue weighted by atomic mass is 35.5. The van der Waals surface area contributed by atoms with Crippen molar-refractivity contribution < 1.29 is 33.0 Å². The van der Waals surface area contributed by atoms with Crippen molar-refractivity contribution in [3.63, 3.8) is 0 Å². The molecule has 14 heteroatoms. The number of benzene rings is 5. The largest absolute Gasteiger partial charge is 0.497 e. The molecule has 0 spiro atoms. The average molecular weight is 899 g/mol. The van der Waals surface area contributed by atoms with Gasteiger partial charge in [0.05, 0.1) is 37.2 Å². The summed E-state index contributed by atoms with van der Waals surface area (Å²) in [6.07, 6.45) is 2.30. The van der Waals surface area contributed by atoms with Gasteiger partial charge in [-0.05, 0) is 116 Å². The molecule has 8 rings (SSSR count). The van der Waals surface area contributed by atoms with E-state index in [4.69, 9.17) is 32.7 Å². The zero-order valence-corrected chi connectivity index (χ0v) is 37.0. The second-order valence-corrected chi connectivity index (χ2v) is 15.8. The van der Waals surface area contributed by atoms with Gasteiger partial charge in [-0.25, -0.2) is 4.39 Å². The Morgan fingerprint density at radius 3 is 1.56 bits per heavy atom. The van der Waals surface area contributed by atoms with E-state index in [1.807, 2.05) is 95.8 Å². The zero-order chi connectivity index (χ0) is 45.7. The molecule has 0 atom stereocenters. The quantitative estimate of drug-likeness (QED) is 0.0921. The number of hydrogen-bond donors (Lipinski definition) is 2. The number of ether oxygens (including phenoxy) is 2. The van der Waals surface area contributed by atoms with Gasteiger partial charge in [-0.15, -0.1) is 0 Å². The average Bonchev–Trinajstić information content (AvgIpc) is 3.72. The number of halogens is 3. The van der Waals surface area contributed by atoms with Crippen molar-refractivity contribution in [2.75, 3.05) is 24.9 Å². The van der Waals surface area contributed by atoms with Crippen LogP contribution in [0.1, 0.15) is 48.8 Å². The normalized spacial score (nSPS) is 10.9. The number of anilines is 2. The standard InChI is InChI=1S/C26H23ClN2O3.C24H19ClFN3O3/c1-16-5-4-6-20(13-16)28-26(31)25(30)24-17(2)29(15-18-7-9-19(27)10-8-18)23-12-11-21(32-3)14-22(23)24;1-14-22(23(30)24(31)28-20-9-10-27-12-19(20)26)18-11-17(32-2)7-8-21(18)29(14)13-15-3-5-16(25)6-4-15/h4-14H,15H2,1-3H3,(H,28,31);3-12H,13H2,1-2H3,(H,27,28,31). The highest BCUT2D eigenvalue weighted by Crippen LogP contribution is 2.33. The lowest BCUT2D eigenvalue weighted by atomic mass is 10.1. The minimum Gasteiger partial charge on any atom is -0.497 e. The molecule has 64 heavy (non-hydrogen) atoms. The fourth-order valence-electron chi connectivity index (χ4n) is 7.50. The van der Waals surface area contributed by atoms with Crippen LogP contribution in [0.3, 0.4) is 0 Å². The number of amides is 2. The zero-order valence-electron chi connectivity index (χ0n) is 35.5. The van der Waals surface area contributed by atoms with Gasteiger partial charge in [0.1, 0.15) is 11.5 Å². The van der Waals surface area contributed by atoms with Crippen molar-refractivity contribution >= 4 is 79.8 Å². The number of fused-ring (bicyclic) bond motifs is 2. The molecule has 0 saturated carbocycles. The van der Waals surface area contributed by atoms with Crippen LogP contribution in [0.15, 0.2) is 128 Å². The topological polar surface area (TPSA) is 134 Å². The number of hydrogen-bond acceptors (Lipinski definition) is 7. The summed E-state index contributed by atoms with van der Waals surface area (Å²) >= 11 is 12.0. The second-order valence-electron chi connectivity index (χ2n) is 14.9. The van der Waals surface area contributed by atoms with E-state index in [9.17, 15) is 23.6 Å². The molecule has 11 nitrogen and oxygen atoms in total. The van der Waals surface area contributed by atoms with E-state index in [1.54, 1.807) is 50.4 Å². The Bertz CT molecular complexity index is 3070. The fraction of sp³-hybridized carbons (Fsp3) is 0.140. The highest BCUT2D eigenvalue weighted by molar-refractivity contribution is 6.49. The minimum absolute atomic E-state index is 0.113. The molecule has 5 aromatic carbocycles. The molecule has 2 amide bonds. The maximum Gasteiger partial charge on any atom is 0.296 e. The van der Waals surface area contributed by atoms with E-state index in [0.29, 0.717) is 68.0 Å². The number of Topliss-reactive ketones (excluding diaryl/α,β-unsaturated/α-hetero) is 2. The predicted octanol–water partition coefficient (Wildman–Crippen LogP) is 10.8. The molecule has 0 aliphatic heterocycles. The third-order valence-electron chi connectivity index (χ3n) is 10.7. The number of nitrogens with one attached hydrogen (secondary N) is 2. The Morgan fingerprint density at radius 1 is 0.625 bits per heavy atom. The third-order valence-corrected chi connectivity index (χ3v) is 11.2. The van der Waals surface area contributed by atoms with Crippen LogP contribution in [0.4, 0.5) is 15.8 Å². The molecule has 3 aromatic heterocycles. The molecule has 0 unspecified atom stereocenters. The number of aryl methyl sites for hydroxylation is 1. The number of rotatable bonds is 12. The highest BCUT2D eigenvalue weighted by Gasteiger charge is 2.28. The molecule has 0 bridgehead atoms. The monoisotopic (exact) mass is 897 g/mol. The molecule has 8 aromatic rings. The van der Waals surface area contributed by atoms with E-state index in [1.165, 1.54) is 19.4 Å². The van der Waals surface area contributed by atoms with Gasteiger partial charge in [-0.2, -0.15) is 0 Å².